The highest BCUT2D eigenvalue weighted by Gasteiger charge is 2.16. The molecular weight excluding hydrogens is 372 g/mol. The van der Waals surface area contributed by atoms with Gasteiger partial charge < -0.3 is 14.3 Å². The molecule has 4 aromatic rings. The third-order valence-corrected chi connectivity index (χ3v) is 5.39. The number of anilines is 1. The van der Waals surface area contributed by atoms with E-state index in [-0.39, 0.29) is 11.7 Å². The third-order valence-electron chi connectivity index (χ3n) is 3.83. The van der Waals surface area contributed by atoms with Crippen LogP contribution < -0.4 is 5.32 Å². The summed E-state index contributed by atoms with van der Waals surface area (Å²) in [6.07, 6.45) is 1.62. The predicted octanol–water partition coefficient (Wildman–Crippen LogP) is 3.12. The average Bonchev–Trinajstić information content (AvgIpc) is 3.34. The molecule has 0 radical (unpaired) electrons. The first kappa shape index (κ1) is 16.7. The number of hydrogen-bond donors (Lipinski definition) is 1. The number of nitrogens with zero attached hydrogens (tertiary/aromatic N) is 5. The zero-order chi connectivity index (χ0) is 18.1. The Bertz CT molecular complexity index is 1080. The predicted molar refractivity (Wildman–Crippen MR) is 100 cm³/mol. The summed E-state index contributed by atoms with van der Waals surface area (Å²) in [6.45, 7) is 1.87. The van der Waals surface area contributed by atoms with Gasteiger partial charge in [-0.05, 0) is 25.1 Å². The lowest BCUT2D eigenvalue weighted by molar-refractivity contribution is -0.113. The summed E-state index contributed by atoms with van der Waals surface area (Å²) >= 11 is 2.44. The molecule has 0 atom stereocenters. The lowest BCUT2D eigenvalue weighted by Crippen LogP contribution is -2.14. The number of hydrogen-bond acceptors (Lipinski definition) is 8. The first-order valence-corrected chi connectivity index (χ1v) is 9.43. The number of thioether (sulfide) groups is 1. The van der Waals surface area contributed by atoms with Crippen LogP contribution in [0.4, 0.5) is 5.69 Å². The van der Waals surface area contributed by atoms with Crippen LogP contribution in [-0.2, 0) is 11.8 Å². The van der Waals surface area contributed by atoms with E-state index < -0.39 is 0 Å². The Morgan fingerprint density at radius 1 is 1.31 bits per heavy atom. The maximum atomic E-state index is 12.3. The van der Waals surface area contributed by atoms with E-state index in [9.17, 15) is 4.79 Å². The minimum atomic E-state index is -0.139. The fourth-order valence-corrected chi connectivity index (χ4v) is 3.78. The zero-order valence-electron chi connectivity index (χ0n) is 14.0. The van der Waals surface area contributed by atoms with Crippen molar-refractivity contribution in [2.24, 2.45) is 7.05 Å². The van der Waals surface area contributed by atoms with Crippen molar-refractivity contribution in [2.45, 2.75) is 12.1 Å². The van der Waals surface area contributed by atoms with E-state index in [1.54, 1.807) is 6.26 Å². The lowest BCUT2D eigenvalue weighted by Gasteiger charge is -2.06. The highest BCUT2D eigenvalue weighted by atomic mass is 32.2. The quantitative estimate of drug-likeness (QED) is 0.526. The molecule has 1 amide bonds. The molecule has 0 spiro atoms. The van der Waals surface area contributed by atoms with Gasteiger partial charge in [-0.1, -0.05) is 17.8 Å². The van der Waals surface area contributed by atoms with Crippen LogP contribution in [0.5, 0.6) is 0 Å². The van der Waals surface area contributed by atoms with Gasteiger partial charge in [0.05, 0.1) is 35.0 Å². The fourth-order valence-electron chi connectivity index (χ4n) is 2.52. The molecule has 0 aliphatic heterocycles. The number of furan rings is 1. The van der Waals surface area contributed by atoms with Crippen LogP contribution in [0.2, 0.25) is 0 Å². The Kier molecular flexibility index (Phi) is 4.43. The van der Waals surface area contributed by atoms with Crippen LogP contribution in [0.15, 0.2) is 40.1 Å². The molecule has 3 heterocycles. The first-order valence-electron chi connectivity index (χ1n) is 7.71. The third kappa shape index (κ3) is 3.08. The lowest BCUT2D eigenvalue weighted by atomic mass is 10.2. The van der Waals surface area contributed by atoms with Crippen molar-refractivity contribution < 1.29 is 9.21 Å². The Balaban J connectivity index is 1.45. The number of nitrogens with one attached hydrogen (secondary N) is 1. The number of carbonyl (C=O) groups is 1. The molecule has 10 heteroatoms. The minimum absolute atomic E-state index is 0.139. The maximum absolute atomic E-state index is 12.3. The SMILES string of the molecule is Cc1occc1-c1nnc(SCC(=O)Nc2cccc3nsnc23)n1C. The van der Waals surface area contributed by atoms with Crippen molar-refractivity contribution in [3.8, 4) is 11.4 Å². The Hall–Kier alpha value is -2.72. The Labute approximate surface area is 157 Å². The van der Waals surface area contributed by atoms with Gasteiger partial charge in [0.1, 0.15) is 16.8 Å². The number of benzene rings is 1. The molecule has 0 saturated carbocycles. The topological polar surface area (TPSA) is 98.7 Å². The molecule has 132 valence electrons. The van der Waals surface area contributed by atoms with Gasteiger partial charge in [0, 0.05) is 7.05 Å². The zero-order valence-corrected chi connectivity index (χ0v) is 15.6. The summed E-state index contributed by atoms with van der Waals surface area (Å²) in [4.78, 5) is 12.3. The fraction of sp³-hybridized carbons (Fsp3) is 0.188. The van der Waals surface area contributed by atoms with Gasteiger partial charge in [-0.2, -0.15) is 8.75 Å². The van der Waals surface area contributed by atoms with Crippen LogP contribution in [0.25, 0.3) is 22.4 Å². The van der Waals surface area contributed by atoms with Gasteiger partial charge in [0.2, 0.25) is 5.91 Å². The molecule has 8 nitrogen and oxygen atoms in total. The summed E-state index contributed by atoms with van der Waals surface area (Å²) in [5, 5.41) is 11.9. The minimum Gasteiger partial charge on any atom is -0.469 e. The molecule has 0 saturated heterocycles. The number of amides is 1. The molecule has 26 heavy (non-hydrogen) atoms. The van der Waals surface area contributed by atoms with Crippen molar-refractivity contribution in [1.29, 1.82) is 0 Å². The second-order valence-corrected chi connectivity index (χ2v) is 7.00. The van der Waals surface area contributed by atoms with Gasteiger partial charge in [0.15, 0.2) is 11.0 Å². The largest absolute Gasteiger partial charge is 0.469 e. The molecule has 1 N–H and O–H groups in total. The highest BCUT2D eigenvalue weighted by molar-refractivity contribution is 7.99. The number of fused-ring (bicyclic) bond motifs is 1. The van der Waals surface area contributed by atoms with E-state index in [0.29, 0.717) is 22.2 Å². The monoisotopic (exact) mass is 386 g/mol. The van der Waals surface area contributed by atoms with Gasteiger partial charge in [0.25, 0.3) is 0 Å². The van der Waals surface area contributed by atoms with E-state index in [0.717, 1.165) is 28.6 Å². The Morgan fingerprint density at radius 3 is 3.00 bits per heavy atom. The summed E-state index contributed by atoms with van der Waals surface area (Å²) in [6, 6.07) is 7.37. The first-order chi connectivity index (χ1) is 12.6. The smallest absolute Gasteiger partial charge is 0.234 e. The summed E-state index contributed by atoms with van der Waals surface area (Å²) in [7, 11) is 1.86. The molecule has 0 unspecified atom stereocenters. The van der Waals surface area contributed by atoms with Crippen LogP contribution in [0.3, 0.4) is 0 Å². The second kappa shape index (κ2) is 6.89. The number of rotatable bonds is 5. The van der Waals surface area contributed by atoms with Crippen molar-refractivity contribution in [1.82, 2.24) is 23.5 Å². The van der Waals surface area contributed by atoms with Gasteiger partial charge in [-0.25, -0.2) is 0 Å². The van der Waals surface area contributed by atoms with Gasteiger partial charge in [-0.3, -0.25) is 4.79 Å². The molecule has 0 bridgehead atoms. The standard InChI is InChI=1S/C16H14N6O2S2/c1-9-10(6-7-24-9)15-18-19-16(22(15)2)25-8-13(23)17-11-4-3-5-12-14(11)21-26-20-12/h3-7H,8H2,1-2H3,(H,17,23). The number of aromatic nitrogens is 5. The highest BCUT2D eigenvalue weighted by Crippen LogP contribution is 2.26. The van der Waals surface area contributed by atoms with Crippen molar-refractivity contribution in [2.75, 3.05) is 11.1 Å². The summed E-state index contributed by atoms with van der Waals surface area (Å²) < 4.78 is 15.6. The summed E-state index contributed by atoms with van der Waals surface area (Å²) in [5.74, 6) is 1.56. The molecule has 4 rings (SSSR count). The van der Waals surface area contributed by atoms with E-state index >= 15 is 0 Å². The van der Waals surface area contributed by atoms with Crippen molar-refractivity contribution in [3.63, 3.8) is 0 Å². The van der Waals surface area contributed by atoms with Crippen LogP contribution in [0, 0.1) is 6.92 Å². The van der Waals surface area contributed by atoms with Crippen LogP contribution in [0.1, 0.15) is 5.76 Å². The van der Waals surface area contributed by atoms with E-state index in [1.165, 1.54) is 11.8 Å². The van der Waals surface area contributed by atoms with Crippen molar-refractivity contribution >= 4 is 46.1 Å². The normalized spacial score (nSPS) is 11.2. The molecular formula is C16H14N6O2S2. The Morgan fingerprint density at radius 2 is 2.19 bits per heavy atom. The molecule has 1 aromatic carbocycles. The maximum Gasteiger partial charge on any atom is 0.234 e. The number of carbonyl (C=O) groups excluding carboxylic acids is 1. The molecule has 0 aliphatic rings. The number of aryl methyl sites for hydroxylation is 1. The average molecular weight is 386 g/mol. The van der Waals surface area contributed by atoms with Crippen LogP contribution >= 0.6 is 23.5 Å². The van der Waals surface area contributed by atoms with E-state index in [2.05, 4.69) is 24.3 Å². The van der Waals surface area contributed by atoms with Gasteiger partial charge >= 0.3 is 0 Å². The summed E-state index contributed by atoms with van der Waals surface area (Å²) in [5.41, 5.74) is 3.02. The van der Waals surface area contributed by atoms with Crippen LogP contribution in [-0.4, -0.2) is 35.2 Å². The second-order valence-electron chi connectivity index (χ2n) is 5.53. The van der Waals surface area contributed by atoms with E-state index in [1.807, 2.05) is 42.8 Å². The molecule has 0 aliphatic carbocycles. The van der Waals surface area contributed by atoms with E-state index in [4.69, 9.17) is 4.42 Å². The van der Waals surface area contributed by atoms with Crippen molar-refractivity contribution in [3.05, 3.63) is 36.3 Å². The molecule has 3 aromatic heterocycles. The molecule has 0 fully saturated rings. The van der Waals surface area contributed by atoms with Gasteiger partial charge in [-0.15, -0.1) is 10.2 Å².